The van der Waals surface area contributed by atoms with Crippen LogP contribution >= 0.6 is 0 Å². The summed E-state index contributed by atoms with van der Waals surface area (Å²) in [5, 5.41) is 0. The van der Waals surface area contributed by atoms with Gasteiger partial charge in [-0.15, -0.1) is 0 Å². The molecule has 0 amide bonds. The third kappa shape index (κ3) is 2.57. The molecule has 4 aromatic rings. The highest BCUT2D eigenvalue weighted by Gasteiger charge is 2.79. The Balaban J connectivity index is 1.59. The third-order valence-corrected chi connectivity index (χ3v) is 8.14. The van der Waals surface area contributed by atoms with Crippen LogP contribution in [0.4, 0.5) is 4.39 Å². The number of fused-ring (bicyclic) bond motifs is 2. The lowest BCUT2D eigenvalue weighted by atomic mass is 9.60. The standard InChI is InChI=1S/C32H19FO5/c33-20-16-14-18(15-17-20)25-31(26(34)21-10-4-5-11-22(21)27(31)35)30(19-8-2-1-3-9-19)38-32(25)28(36)23-12-6-7-13-24(23)29(32)37/h1-17,25,30H/t25-,30+/m0/s1. The second kappa shape index (κ2) is 7.73. The number of ketones is 4. The molecular weight excluding hydrogens is 483 g/mol. The van der Waals surface area contributed by atoms with Crippen molar-refractivity contribution in [3.8, 4) is 0 Å². The van der Waals surface area contributed by atoms with Crippen molar-refractivity contribution in [2.75, 3.05) is 0 Å². The average molecular weight is 502 g/mol. The van der Waals surface area contributed by atoms with Gasteiger partial charge in [0.25, 0.3) is 0 Å². The highest BCUT2D eigenvalue weighted by molar-refractivity contribution is 6.37. The fourth-order valence-electron chi connectivity index (χ4n) is 6.61. The number of halogens is 1. The van der Waals surface area contributed by atoms with Crippen molar-refractivity contribution in [1.82, 2.24) is 0 Å². The van der Waals surface area contributed by atoms with Gasteiger partial charge in [-0.2, -0.15) is 0 Å². The van der Waals surface area contributed by atoms with Crippen LogP contribution in [0.2, 0.25) is 0 Å². The maximum atomic E-state index is 14.5. The number of Topliss-reactive ketones (excluding diaryl/α,β-unsaturated/α-hetero) is 4. The van der Waals surface area contributed by atoms with Crippen LogP contribution in [0.5, 0.6) is 0 Å². The number of ether oxygens (including phenoxy) is 1. The molecule has 2 aliphatic carbocycles. The van der Waals surface area contributed by atoms with Gasteiger partial charge in [0.05, 0.1) is 5.92 Å². The van der Waals surface area contributed by atoms with Crippen LogP contribution in [0.15, 0.2) is 103 Å². The minimum Gasteiger partial charge on any atom is -0.348 e. The fraction of sp³-hybridized carbons (Fsp3) is 0.125. The van der Waals surface area contributed by atoms with Gasteiger partial charge in [0.2, 0.25) is 17.2 Å². The van der Waals surface area contributed by atoms with Gasteiger partial charge in [-0.1, -0.05) is 91.0 Å². The number of carbonyl (C=O) groups is 4. The van der Waals surface area contributed by atoms with E-state index >= 15 is 0 Å². The van der Waals surface area contributed by atoms with Crippen molar-refractivity contribution in [1.29, 1.82) is 0 Å². The van der Waals surface area contributed by atoms with Gasteiger partial charge in [-0.3, -0.25) is 19.2 Å². The lowest BCUT2D eigenvalue weighted by Gasteiger charge is -2.34. The zero-order valence-corrected chi connectivity index (χ0v) is 19.9. The summed E-state index contributed by atoms with van der Waals surface area (Å²) < 4.78 is 20.7. The first-order valence-corrected chi connectivity index (χ1v) is 12.3. The van der Waals surface area contributed by atoms with Crippen molar-refractivity contribution in [2.45, 2.75) is 17.6 Å². The average Bonchev–Trinajstić information content (AvgIpc) is 3.48. The van der Waals surface area contributed by atoms with E-state index in [1.54, 1.807) is 78.9 Å². The second-order valence-corrected chi connectivity index (χ2v) is 9.91. The second-order valence-electron chi connectivity index (χ2n) is 9.91. The lowest BCUT2D eigenvalue weighted by Crippen LogP contribution is -2.51. The van der Waals surface area contributed by atoms with Crippen LogP contribution in [0, 0.1) is 11.2 Å². The maximum Gasteiger partial charge on any atom is 0.204 e. The van der Waals surface area contributed by atoms with E-state index in [-0.39, 0.29) is 22.3 Å². The van der Waals surface area contributed by atoms with Crippen LogP contribution in [-0.4, -0.2) is 28.7 Å². The SMILES string of the molecule is O=C1c2ccccc2C(=O)C12O[C@H](c1ccccc1)C1(C(=O)c3ccccc3C1=O)[C@@H]2c1ccc(F)cc1. The molecule has 6 heteroatoms. The summed E-state index contributed by atoms with van der Waals surface area (Å²) in [6.07, 6.45) is -1.24. The van der Waals surface area contributed by atoms with Gasteiger partial charge in [0.1, 0.15) is 17.3 Å². The van der Waals surface area contributed by atoms with E-state index in [2.05, 4.69) is 0 Å². The minimum atomic E-state index is -2.19. The predicted molar refractivity (Wildman–Crippen MR) is 135 cm³/mol. The smallest absolute Gasteiger partial charge is 0.204 e. The molecule has 1 heterocycles. The van der Waals surface area contributed by atoms with Gasteiger partial charge in [0, 0.05) is 22.3 Å². The summed E-state index contributed by atoms with van der Waals surface area (Å²) in [6, 6.07) is 26.8. The molecule has 0 saturated carbocycles. The highest BCUT2D eigenvalue weighted by Crippen LogP contribution is 2.67. The van der Waals surface area contributed by atoms with Crippen molar-refractivity contribution in [3.05, 3.63) is 142 Å². The van der Waals surface area contributed by atoms with E-state index in [4.69, 9.17) is 4.74 Å². The normalized spacial score (nSPS) is 22.3. The summed E-state index contributed by atoms with van der Waals surface area (Å²) in [6.45, 7) is 0. The molecule has 0 radical (unpaired) electrons. The van der Waals surface area contributed by atoms with E-state index in [0.29, 0.717) is 11.1 Å². The Morgan fingerprint density at radius 3 is 1.47 bits per heavy atom. The van der Waals surface area contributed by atoms with E-state index in [1.165, 1.54) is 24.3 Å². The van der Waals surface area contributed by atoms with E-state index in [9.17, 15) is 23.6 Å². The number of hydrogen-bond donors (Lipinski definition) is 0. The van der Waals surface area contributed by atoms with E-state index < -0.39 is 52.0 Å². The number of benzene rings is 4. The molecule has 2 atom stereocenters. The summed E-state index contributed by atoms with van der Waals surface area (Å²) in [7, 11) is 0. The molecule has 7 rings (SSSR count). The molecule has 5 nitrogen and oxygen atoms in total. The molecule has 0 bridgehead atoms. The largest absolute Gasteiger partial charge is 0.348 e. The van der Waals surface area contributed by atoms with Gasteiger partial charge >= 0.3 is 0 Å². The summed E-state index contributed by atoms with van der Waals surface area (Å²) in [4.78, 5) is 57.5. The molecule has 1 aliphatic heterocycles. The van der Waals surface area contributed by atoms with E-state index in [0.717, 1.165) is 0 Å². The molecule has 3 aliphatic rings. The number of hydrogen-bond acceptors (Lipinski definition) is 5. The van der Waals surface area contributed by atoms with E-state index in [1.807, 2.05) is 0 Å². The first kappa shape index (κ1) is 22.6. The Labute approximate surface area is 216 Å². The Hall–Kier alpha value is -4.55. The van der Waals surface area contributed by atoms with Crippen molar-refractivity contribution in [3.63, 3.8) is 0 Å². The Kier molecular flexibility index (Phi) is 4.60. The number of rotatable bonds is 2. The molecule has 1 fully saturated rings. The Morgan fingerprint density at radius 2 is 0.974 bits per heavy atom. The molecular formula is C32H19FO5. The molecule has 184 valence electrons. The highest BCUT2D eigenvalue weighted by atomic mass is 19.1. The first-order chi connectivity index (χ1) is 18.4. The lowest BCUT2D eigenvalue weighted by molar-refractivity contribution is -0.0210. The maximum absolute atomic E-state index is 14.5. The molecule has 1 saturated heterocycles. The monoisotopic (exact) mass is 502 g/mol. The molecule has 0 unspecified atom stereocenters. The molecule has 4 aromatic carbocycles. The topological polar surface area (TPSA) is 77.5 Å². The van der Waals surface area contributed by atoms with Crippen molar-refractivity contribution < 1.29 is 28.3 Å². The summed E-state index contributed by atoms with van der Waals surface area (Å²) in [5.74, 6) is -4.12. The van der Waals surface area contributed by atoms with Gasteiger partial charge in [-0.05, 0) is 23.3 Å². The minimum absolute atomic E-state index is 0.170. The zero-order valence-electron chi connectivity index (χ0n) is 19.9. The van der Waals surface area contributed by atoms with Crippen molar-refractivity contribution >= 4 is 23.1 Å². The summed E-state index contributed by atoms with van der Waals surface area (Å²) in [5.41, 5.74) is -2.60. The Morgan fingerprint density at radius 1 is 0.526 bits per heavy atom. The Bertz CT molecular complexity index is 1620. The predicted octanol–water partition coefficient (Wildman–Crippen LogP) is 5.56. The molecule has 0 N–H and O–H groups in total. The molecule has 0 aromatic heterocycles. The van der Waals surface area contributed by atoms with Gasteiger partial charge < -0.3 is 4.74 Å². The van der Waals surface area contributed by atoms with Gasteiger partial charge in [-0.25, -0.2) is 4.39 Å². The van der Waals surface area contributed by atoms with Crippen LogP contribution in [0.25, 0.3) is 0 Å². The van der Waals surface area contributed by atoms with Crippen molar-refractivity contribution in [2.24, 2.45) is 5.41 Å². The van der Waals surface area contributed by atoms with Crippen LogP contribution in [-0.2, 0) is 4.74 Å². The van der Waals surface area contributed by atoms with Crippen LogP contribution in [0.3, 0.4) is 0 Å². The molecule has 38 heavy (non-hydrogen) atoms. The third-order valence-electron chi connectivity index (χ3n) is 8.14. The number of carbonyl (C=O) groups excluding carboxylic acids is 4. The summed E-state index contributed by atoms with van der Waals surface area (Å²) >= 11 is 0. The van der Waals surface area contributed by atoms with Crippen LogP contribution in [0.1, 0.15) is 64.6 Å². The van der Waals surface area contributed by atoms with Gasteiger partial charge in [0.15, 0.2) is 11.6 Å². The first-order valence-electron chi connectivity index (χ1n) is 12.3. The molecule has 2 spiro atoms. The van der Waals surface area contributed by atoms with Crippen LogP contribution < -0.4 is 0 Å². The quantitative estimate of drug-likeness (QED) is 0.335. The fourth-order valence-corrected chi connectivity index (χ4v) is 6.61. The zero-order chi connectivity index (χ0) is 26.2.